The highest BCUT2D eigenvalue weighted by atomic mass is 32.2. The molecule has 132 valence electrons. The maximum Gasteiger partial charge on any atom is 0.340 e. The van der Waals surface area contributed by atoms with Gasteiger partial charge < -0.3 is 14.0 Å². The van der Waals surface area contributed by atoms with E-state index in [1.165, 1.54) is 0 Å². The molecule has 1 heterocycles. The molecule has 0 aliphatic rings. The summed E-state index contributed by atoms with van der Waals surface area (Å²) in [5.74, 6) is 0.202. The highest BCUT2D eigenvalue weighted by molar-refractivity contribution is 7.85. The normalized spacial score (nSPS) is 11.7. The van der Waals surface area contributed by atoms with Crippen LogP contribution in [0.2, 0.25) is 0 Å². The molecular weight excluding hydrogens is 334 g/mol. The Bertz CT molecular complexity index is 853. The van der Waals surface area contributed by atoms with E-state index in [1.54, 1.807) is 33.1 Å². The summed E-state index contributed by atoms with van der Waals surface area (Å²) in [6.07, 6.45) is 1.00. The van der Waals surface area contributed by atoms with Gasteiger partial charge in [0.15, 0.2) is 0 Å². The summed E-state index contributed by atoms with van der Waals surface area (Å²) in [4.78, 5) is 12.3. The number of hydrogen-bond donors (Lipinski definition) is 0. The SMILES string of the molecule is CCOC(=O)c1c(C)n(CCOS(C)(=O)=O)c2ccc(OC)cc12. The summed E-state index contributed by atoms with van der Waals surface area (Å²) in [5, 5.41) is 0.699. The summed E-state index contributed by atoms with van der Waals surface area (Å²) in [6.45, 7) is 4.08. The minimum atomic E-state index is -3.51. The highest BCUT2D eigenvalue weighted by Crippen LogP contribution is 2.30. The first-order valence-electron chi connectivity index (χ1n) is 7.46. The number of aromatic nitrogens is 1. The molecule has 0 saturated carbocycles. The number of carbonyl (C=O) groups is 1. The molecule has 0 aliphatic heterocycles. The molecule has 24 heavy (non-hydrogen) atoms. The first kappa shape index (κ1) is 18.3. The topological polar surface area (TPSA) is 83.8 Å². The van der Waals surface area contributed by atoms with E-state index >= 15 is 0 Å². The van der Waals surface area contributed by atoms with Crippen molar-refractivity contribution in [3.05, 3.63) is 29.5 Å². The highest BCUT2D eigenvalue weighted by Gasteiger charge is 2.21. The fraction of sp³-hybridized carbons (Fsp3) is 0.438. The molecule has 0 spiro atoms. The van der Waals surface area contributed by atoms with Crippen molar-refractivity contribution in [3.8, 4) is 5.75 Å². The molecule has 1 aromatic carbocycles. The third-order valence-corrected chi connectivity index (χ3v) is 4.22. The number of carbonyl (C=O) groups excluding carboxylic acids is 1. The number of nitrogens with zero attached hydrogens (tertiary/aromatic N) is 1. The smallest absolute Gasteiger partial charge is 0.340 e. The van der Waals surface area contributed by atoms with E-state index in [9.17, 15) is 13.2 Å². The van der Waals surface area contributed by atoms with E-state index in [4.69, 9.17) is 13.7 Å². The molecule has 2 rings (SSSR count). The molecule has 0 fully saturated rings. The molecule has 0 N–H and O–H groups in total. The molecule has 0 aliphatic carbocycles. The van der Waals surface area contributed by atoms with Crippen molar-refractivity contribution in [3.63, 3.8) is 0 Å². The van der Waals surface area contributed by atoms with Crippen LogP contribution in [0.25, 0.3) is 10.9 Å². The van der Waals surface area contributed by atoms with Crippen molar-refractivity contribution in [1.82, 2.24) is 4.57 Å². The molecule has 0 bridgehead atoms. The number of rotatable bonds is 7. The average Bonchev–Trinajstić information content (AvgIpc) is 2.78. The fourth-order valence-corrected chi connectivity index (χ4v) is 2.99. The largest absolute Gasteiger partial charge is 0.497 e. The molecule has 0 saturated heterocycles. The van der Waals surface area contributed by atoms with Crippen LogP contribution in [0.3, 0.4) is 0 Å². The Hall–Kier alpha value is -2.06. The lowest BCUT2D eigenvalue weighted by Gasteiger charge is -2.08. The van der Waals surface area contributed by atoms with Crippen LogP contribution in [0.15, 0.2) is 18.2 Å². The molecule has 1 aromatic heterocycles. The Balaban J connectivity index is 2.50. The van der Waals surface area contributed by atoms with E-state index in [2.05, 4.69) is 0 Å². The van der Waals surface area contributed by atoms with Crippen molar-refractivity contribution < 1.29 is 26.9 Å². The molecular formula is C16H21NO6S. The van der Waals surface area contributed by atoms with Crippen molar-refractivity contribution in [2.45, 2.75) is 20.4 Å². The van der Waals surface area contributed by atoms with E-state index in [1.807, 2.05) is 10.6 Å². The van der Waals surface area contributed by atoms with Gasteiger partial charge in [-0.25, -0.2) is 4.79 Å². The van der Waals surface area contributed by atoms with Gasteiger partial charge in [-0.2, -0.15) is 8.42 Å². The van der Waals surface area contributed by atoms with Gasteiger partial charge in [-0.15, -0.1) is 0 Å². The number of esters is 1. The van der Waals surface area contributed by atoms with Crippen LogP contribution in [0.1, 0.15) is 23.0 Å². The van der Waals surface area contributed by atoms with Gasteiger partial charge in [0.2, 0.25) is 0 Å². The number of methoxy groups -OCH3 is 1. The molecule has 8 heteroatoms. The second kappa shape index (κ2) is 7.23. The zero-order valence-electron chi connectivity index (χ0n) is 14.2. The Morgan fingerprint density at radius 3 is 2.58 bits per heavy atom. The monoisotopic (exact) mass is 355 g/mol. The van der Waals surface area contributed by atoms with Crippen molar-refractivity contribution >= 4 is 27.0 Å². The molecule has 0 radical (unpaired) electrons. The van der Waals surface area contributed by atoms with Gasteiger partial charge in [0.1, 0.15) is 5.75 Å². The number of ether oxygens (including phenoxy) is 2. The third kappa shape index (κ3) is 3.88. The lowest BCUT2D eigenvalue weighted by atomic mass is 10.1. The minimum absolute atomic E-state index is 0.0161. The first-order valence-corrected chi connectivity index (χ1v) is 9.28. The fourth-order valence-electron chi connectivity index (χ4n) is 2.62. The van der Waals surface area contributed by atoms with Gasteiger partial charge in [0, 0.05) is 23.1 Å². The summed E-state index contributed by atoms with van der Waals surface area (Å²) >= 11 is 0. The summed E-state index contributed by atoms with van der Waals surface area (Å²) in [7, 11) is -1.96. The Kier molecular flexibility index (Phi) is 5.51. The lowest BCUT2D eigenvalue weighted by molar-refractivity contribution is 0.0527. The van der Waals surface area contributed by atoms with Crippen molar-refractivity contribution in [2.24, 2.45) is 0 Å². The van der Waals surface area contributed by atoms with Crippen LogP contribution >= 0.6 is 0 Å². The molecule has 0 atom stereocenters. The Morgan fingerprint density at radius 2 is 2.00 bits per heavy atom. The molecule has 0 amide bonds. The molecule has 0 unspecified atom stereocenters. The predicted molar refractivity (Wildman–Crippen MR) is 90.0 cm³/mol. The second-order valence-electron chi connectivity index (χ2n) is 5.24. The molecule has 2 aromatic rings. The summed E-state index contributed by atoms with van der Waals surface area (Å²) in [5.41, 5.74) is 1.92. The van der Waals surface area contributed by atoms with Crippen LogP contribution in [-0.2, 0) is 25.6 Å². The summed E-state index contributed by atoms with van der Waals surface area (Å²) < 4.78 is 39.3. The average molecular weight is 355 g/mol. The van der Waals surface area contributed by atoms with Crippen molar-refractivity contribution in [2.75, 3.05) is 26.6 Å². The first-order chi connectivity index (χ1) is 11.3. The van der Waals surface area contributed by atoms with Crippen molar-refractivity contribution in [1.29, 1.82) is 0 Å². The predicted octanol–water partition coefficient (Wildman–Crippen LogP) is 2.11. The Labute approximate surface area is 141 Å². The van der Waals surface area contributed by atoms with Gasteiger partial charge in [-0.1, -0.05) is 0 Å². The maximum atomic E-state index is 12.3. The van der Waals surface area contributed by atoms with Crippen LogP contribution in [0.4, 0.5) is 0 Å². The van der Waals surface area contributed by atoms with Gasteiger partial charge in [-0.3, -0.25) is 4.18 Å². The van der Waals surface area contributed by atoms with Crippen LogP contribution in [0, 0.1) is 6.92 Å². The maximum absolute atomic E-state index is 12.3. The van der Waals surface area contributed by atoms with E-state index in [0.29, 0.717) is 28.9 Å². The van der Waals surface area contributed by atoms with E-state index in [-0.39, 0.29) is 13.2 Å². The second-order valence-corrected chi connectivity index (χ2v) is 6.89. The lowest BCUT2D eigenvalue weighted by Crippen LogP contribution is -2.12. The minimum Gasteiger partial charge on any atom is -0.497 e. The van der Waals surface area contributed by atoms with Gasteiger partial charge in [-0.05, 0) is 32.0 Å². The van der Waals surface area contributed by atoms with E-state index < -0.39 is 16.1 Å². The zero-order valence-corrected chi connectivity index (χ0v) is 15.0. The van der Waals surface area contributed by atoms with E-state index in [0.717, 1.165) is 11.8 Å². The molecule has 7 nitrogen and oxygen atoms in total. The Morgan fingerprint density at radius 1 is 1.29 bits per heavy atom. The van der Waals surface area contributed by atoms with Gasteiger partial charge in [0.05, 0.1) is 32.1 Å². The number of fused-ring (bicyclic) bond motifs is 1. The number of benzene rings is 1. The van der Waals surface area contributed by atoms with Crippen LogP contribution < -0.4 is 4.74 Å². The quantitative estimate of drug-likeness (QED) is 0.559. The third-order valence-electron chi connectivity index (χ3n) is 3.62. The standard InChI is InChI=1S/C16H21NO6S/c1-5-22-16(18)15-11(2)17(8-9-23-24(4,19)20)14-7-6-12(21-3)10-13(14)15/h6-7,10H,5,8-9H2,1-4H3. The zero-order chi connectivity index (χ0) is 17.9. The summed E-state index contributed by atoms with van der Waals surface area (Å²) in [6, 6.07) is 5.37. The number of hydrogen-bond acceptors (Lipinski definition) is 6. The van der Waals surface area contributed by atoms with Crippen LogP contribution in [0.5, 0.6) is 5.75 Å². The van der Waals surface area contributed by atoms with Gasteiger partial charge >= 0.3 is 5.97 Å². The van der Waals surface area contributed by atoms with Crippen LogP contribution in [-0.4, -0.2) is 45.5 Å². The van der Waals surface area contributed by atoms with Gasteiger partial charge in [0.25, 0.3) is 10.1 Å².